The van der Waals surface area contributed by atoms with Crippen LogP contribution in [0.5, 0.6) is 0 Å². The molecule has 0 spiro atoms. The molecule has 0 radical (unpaired) electrons. The summed E-state index contributed by atoms with van der Waals surface area (Å²) in [5.41, 5.74) is 0.507. The molecular weight excluding hydrogens is 240 g/mol. The molecule has 1 aromatic carbocycles. The van der Waals surface area contributed by atoms with Crippen LogP contribution in [0.25, 0.3) is 0 Å². The van der Waals surface area contributed by atoms with Crippen LogP contribution in [0.2, 0.25) is 18.6 Å². The average molecular weight is 262 g/mol. The number of benzene rings is 1. The highest BCUT2D eigenvalue weighted by Crippen LogP contribution is 2.32. The standard InChI is InChI=1S/C15H22O2Si/c1-18(2,13-8-4-3-5-9-13)14-10-6-7-11-17-15(16)12-14/h3-5,8-9,14H,6-7,10-12H2,1-2H3/t14-/m0/s1. The van der Waals surface area contributed by atoms with Crippen molar-refractivity contribution in [3.05, 3.63) is 30.3 Å². The predicted molar refractivity (Wildman–Crippen MR) is 76.7 cm³/mol. The van der Waals surface area contributed by atoms with E-state index in [1.165, 1.54) is 18.0 Å². The minimum atomic E-state index is -1.58. The van der Waals surface area contributed by atoms with Crippen LogP contribution >= 0.6 is 0 Å². The number of hydrogen-bond acceptors (Lipinski definition) is 2. The van der Waals surface area contributed by atoms with Crippen molar-refractivity contribution >= 4 is 19.2 Å². The van der Waals surface area contributed by atoms with E-state index >= 15 is 0 Å². The van der Waals surface area contributed by atoms with Crippen molar-refractivity contribution in [3.63, 3.8) is 0 Å². The zero-order valence-electron chi connectivity index (χ0n) is 11.3. The fourth-order valence-electron chi connectivity index (χ4n) is 2.76. The monoisotopic (exact) mass is 262 g/mol. The van der Waals surface area contributed by atoms with Gasteiger partial charge in [-0.25, -0.2) is 0 Å². The summed E-state index contributed by atoms with van der Waals surface area (Å²) >= 11 is 0. The van der Waals surface area contributed by atoms with E-state index in [2.05, 4.69) is 43.4 Å². The summed E-state index contributed by atoms with van der Waals surface area (Å²) < 4.78 is 5.23. The Kier molecular flexibility index (Phi) is 4.22. The highest BCUT2D eigenvalue weighted by molar-refractivity contribution is 6.91. The van der Waals surface area contributed by atoms with E-state index in [1.807, 2.05) is 0 Å². The number of ether oxygens (including phenoxy) is 1. The van der Waals surface area contributed by atoms with Crippen LogP contribution < -0.4 is 5.19 Å². The SMILES string of the molecule is C[Si](C)(c1ccccc1)[C@H]1CCCCOC(=O)C1. The molecule has 1 saturated heterocycles. The van der Waals surface area contributed by atoms with Crippen LogP contribution in [0.15, 0.2) is 30.3 Å². The second kappa shape index (κ2) is 5.70. The van der Waals surface area contributed by atoms with Gasteiger partial charge in [0.2, 0.25) is 0 Å². The van der Waals surface area contributed by atoms with Crippen molar-refractivity contribution < 1.29 is 9.53 Å². The number of esters is 1. The van der Waals surface area contributed by atoms with E-state index in [0.29, 0.717) is 18.6 Å². The van der Waals surface area contributed by atoms with E-state index in [4.69, 9.17) is 4.74 Å². The van der Waals surface area contributed by atoms with Gasteiger partial charge in [0.05, 0.1) is 14.7 Å². The topological polar surface area (TPSA) is 26.3 Å². The van der Waals surface area contributed by atoms with Gasteiger partial charge in [-0.15, -0.1) is 0 Å². The van der Waals surface area contributed by atoms with Crippen molar-refractivity contribution in [1.29, 1.82) is 0 Å². The average Bonchev–Trinajstić information content (AvgIpc) is 2.34. The summed E-state index contributed by atoms with van der Waals surface area (Å²) in [5, 5.41) is 1.45. The van der Waals surface area contributed by atoms with Gasteiger partial charge in [0, 0.05) is 6.42 Å². The predicted octanol–water partition coefficient (Wildman–Crippen LogP) is 3.09. The molecule has 0 unspecified atom stereocenters. The van der Waals surface area contributed by atoms with Crippen LogP contribution in [0, 0.1) is 0 Å². The highest BCUT2D eigenvalue weighted by atomic mass is 28.3. The quantitative estimate of drug-likeness (QED) is 0.605. The largest absolute Gasteiger partial charge is 0.466 e. The second-order valence-corrected chi connectivity index (χ2v) is 10.5. The first kappa shape index (κ1) is 13.3. The van der Waals surface area contributed by atoms with Gasteiger partial charge in [-0.1, -0.05) is 61.5 Å². The lowest BCUT2D eigenvalue weighted by atomic mass is 10.1. The first-order chi connectivity index (χ1) is 8.60. The highest BCUT2D eigenvalue weighted by Gasteiger charge is 2.35. The summed E-state index contributed by atoms with van der Waals surface area (Å²) in [6, 6.07) is 10.7. The molecule has 0 bridgehead atoms. The van der Waals surface area contributed by atoms with Crippen molar-refractivity contribution in [2.24, 2.45) is 0 Å². The molecule has 2 rings (SSSR count). The first-order valence-electron chi connectivity index (χ1n) is 6.82. The van der Waals surface area contributed by atoms with Gasteiger partial charge in [-0.3, -0.25) is 4.79 Å². The van der Waals surface area contributed by atoms with Crippen molar-refractivity contribution in [1.82, 2.24) is 0 Å². The number of hydrogen-bond donors (Lipinski definition) is 0. The fraction of sp³-hybridized carbons (Fsp3) is 0.533. The number of rotatable bonds is 2. The van der Waals surface area contributed by atoms with E-state index < -0.39 is 8.07 Å². The van der Waals surface area contributed by atoms with E-state index in [9.17, 15) is 4.79 Å². The maximum Gasteiger partial charge on any atom is 0.305 e. The molecular formula is C15H22O2Si. The van der Waals surface area contributed by atoms with Crippen LogP contribution in [0.4, 0.5) is 0 Å². The van der Waals surface area contributed by atoms with Crippen molar-refractivity contribution in [3.8, 4) is 0 Å². The Balaban J connectivity index is 2.19. The van der Waals surface area contributed by atoms with Crippen LogP contribution in [-0.4, -0.2) is 20.7 Å². The molecule has 3 heteroatoms. The maximum atomic E-state index is 11.7. The molecule has 1 aliphatic heterocycles. The third-order valence-corrected chi connectivity index (χ3v) is 8.52. The Bertz CT molecular complexity index is 400. The van der Waals surface area contributed by atoms with E-state index in [1.54, 1.807) is 0 Å². The molecule has 0 saturated carbocycles. The van der Waals surface area contributed by atoms with Crippen LogP contribution in [0.3, 0.4) is 0 Å². The molecule has 0 aliphatic carbocycles. The third-order valence-electron chi connectivity index (χ3n) is 4.16. The normalized spacial score (nSPS) is 21.9. The summed E-state index contributed by atoms with van der Waals surface area (Å²) in [6.45, 7) is 5.36. The lowest BCUT2D eigenvalue weighted by molar-refractivity contribution is -0.144. The molecule has 1 atom stereocenters. The van der Waals surface area contributed by atoms with Gasteiger partial charge < -0.3 is 4.74 Å². The van der Waals surface area contributed by atoms with Gasteiger partial charge in [0.15, 0.2) is 0 Å². The molecule has 0 aromatic heterocycles. The lowest BCUT2D eigenvalue weighted by Crippen LogP contribution is -2.47. The Morgan fingerprint density at radius 3 is 2.61 bits per heavy atom. The minimum absolute atomic E-state index is 0.00351. The molecule has 1 fully saturated rings. The molecule has 0 N–H and O–H groups in total. The van der Waals surface area contributed by atoms with Crippen molar-refractivity contribution in [2.75, 3.05) is 6.61 Å². The Morgan fingerprint density at radius 2 is 1.89 bits per heavy atom. The number of carbonyl (C=O) groups is 1. The number of cyclic esters (lactones) is 1. The fourth-order valence-corrected chi connectivity index (χ4v) is 5.89. The van der Waals surface area contributed by atoms with Gasteiger partial charge >= 0.3 is 5.97 Å². The Labute approximate surface area is 110 Å². The van der Waals surface area contributed by atoms with Crippen molar-refractivity contribution in [2.45, 2.75) is 44.3 Å². The van der Waals surface area contributed by atoms with Gasteiger partial charge in [-0.2, -0.15) is 0 Å². The number of carbonyl (C=O) groups excluding carboxylic acids is 1. The maximum absolute atomic E-state index is 11.7. The zero-order valence-corrected chi connectivity index (χ0v) is 12.3. The molecule has 0 amide bonds. The van der Waals surface area contributed by atoms with Gasteiger partial charge in [-0.05, 0) is 12.0 Å². The molecule has 98 valence electrons. The van der Waals surface area contributed by atoms with Gasteiger partial charge in [0.25, 0.3) is 0 Å². The zero-order chi connectivity index (χ0) is 13.0. The lowest BCUT2D eigenvalue weighted by Gasteiger charge is -2.33. The molecule has 1 aromatic rings. The summed E-state index contributed by atoms with van der Waals surface area (Å²) in [4.78, 5) is 11.7. The third kappa shape index (κ3) is 3.02. The first-order valence-corrected chi connectivity index (χ1v) is 9.89. The van der Waals surface area contributed by atoms with Crippen LogP contribution in [0.1, 0.15) is 25.7 Å². The summed E-state index contributed by atoms with van der Waals surface area (Å²) in [7, 11) is -1.58. The summed E-state index contributed by atoms with van der Waals surface area (Å²) in [5.74, 6) is -0.00351. The molecule has 1 aliphatic rings. The Morgan fingerprint density at radius 1 is 1.17 bits per heavy atom. The van der Waals surface area contributed by atoms with E-state index in [0.717, 1.165) is 6.42 Å². The minimum Gasteiger partial charge on any atom is -0.466 e. The second-order valence-electron chi connectivity index (χ2n) is 5.71. The van der Waals surface area contributed by atoms with Crippen LogP contribution in [-0.2, 0) is 9.53 Å². The molecule has 2 nitrogen and oxygen atoms in total. The molecule has 1 heterocycles. The van der Waals surface area contributed by atoms with Gasteiger partial charge in [0.1, 0.15) is 0 Å². The van der Waals surface area contributed by atoms with E-state index in [-0.39, 0.29) is 5.97 Å². The summed E-state index contributed by atoms with van der Waals surface area (Å²) in [6.07, 6.45) is 3.97. The smallest absolute Gasteiger partial charge is 0.305 e. The Hall–Kier alpha value is -1.09. The molecule has 18 heavy (non-hydrogen) atoms.